The van der Waals surface area contributed by atoms with E-state index in [1.807, 2.05) is 0 Å². The van der Waals surface area contributed by atoms with Crippen molar-refractivity contribution >= 4 is 16.4 Å². The Morgan fingerprint density at radius 2 is 2.00 bits per heavy atom. The summed E-state index contributed by atoms with van der Waals surface area (Å²) in [5, 5.41) is 0. The first-order chi connectivity index (χ1) is 9.10. The van der Waals surface area contributed by atoms with Gasteiger partial charge in [0.15, 0.2) is 5.79 Å². The van der Waals surface area contributed by atoms with Gasteiger partial charge in [-0.05, 0) is 27.7 Å². The third kappa shape index (κ3) is 2.82. The Kier molecular flexibility index (Phi) is 3.85. The minimum absolute atomic E-state index is 0.0888. The van der Waals surface area contributed by atoms with E-state index in [2.05, 4.69) is 0 Å². The molecule has 0 aromatic heterocycles. The molecule has 9 heteroatoms. The fourth-order valence-electron chi connectivity index (χ4n) is 2.20. The number of ether oxygens (including phenoxy) is 3. The van der Waals surface area contributed by atoms with Gasteiger partial charge < -0.3 is 14.2 Å². The molecule has 3 atom stereocenters. The molecule has 0 N–H and O–H groups in total. The summed E-state index contributed by atoms with van der Waals surface area (Å²) in [4.78, 5) is 12.0. The van der Waals surface area contributed by atoms with Crippen LogP contribution in [0, 0.1) is 0 Å². The minimum Gasteiger partial charge on any atom is -0.464 e. The summed E-state index contributed by atoms with van der Waals surface area (Å²) in [5.74, 6) is -1.70. The SMILES string of the molecule is CCOC(=O)[C@@]1(C)OS(=O)(=O)OC1[C@@H]1COC(C)(C)O1. The highest BCUT2D eigenvalue weighted by molar-refractivity contribution is 7.82. The molecular weight excluding hydrogens is 292 g/mol. The number of carbonyl (C=O) groups is 1. The molecule has 2 rings (SSSR count). The second-order valence-corrected chi connectivity index (χ2v) is 6.38. The van der Waals surface area contributed by atoms with Crippen molar-refractivity contribution in [2.45, 2.75) is 51.3 Å². The van der Waals surface area contributed by atoms with Crippen LogP contribution in [0.4, 0.5) is 0 Å². The molecular formula is C11H18O8S. The van der Waals surface area contributed by atoms with Gasteiger partial charge in [0.05, 0.1) is 13.2 Å². The van der Waals surface area contributed by atoms with Gasteiger partial charge in [-0.25, -0.2) is 13.2 Å². The van der Waals surface area contributed by atoms with Gasteiger partial charge in [-0.2, -0.15) is 8.42 Å². The first kappa shape index (κ1) is 15.6. The third-order valence-corrected chi connectivity index (χ3v) is 4.08. The zero-order valence-corrected chi connectivity index (χ0v) is 12.6. The van der Waals surface area contributed by atoms with E-state index in [0.717, 1.165) is 0 Å². The largest absolute Gasteiger partial charge is 0.464 e. The van der Waals surface area contributed by atoms with Crippen LogP contribution in [-0.4, -0.2) is 51.2 Å². The molecule has 2 heterocycles. The second kappa shape index (κ2) is 4.92. The monoisotopic (exact) mass is 310 g/mol. The summed E-state index contributed by atoms with van der Waals surface area (Å²) < 4.78 is 48.5. The molecule has 0 radical (unpaired) electrons. The van der Waals surface area contributed by atoms with Gasteiger partial charge in [0.1, 0.15) is 12.2 Å². The summed E-state index contributed by atoms with van der Waals surface area (Å²) >= 11 is 0. The molecule has 2 saturated heterocycles. The van der Waals surface area contributed by atoms with Crippen LogP contribution >= 0.6 is 0 Å². The van der Waals surface area contributed by atoms with Gasteiger partial charge in [-0.3, -0.25) is 0 Å². The molecule has 116 valence electrons. The lowest BCUT2D eigenvalue weighted by molar-refractivity contribution is -0.175. The predicted octanol–water partition coefficient (Wildman–Crippen LogP) is 0.120. The Bertz CT molecular complexity index is 499. The molecule has 0 saturated carbocycles. The Labute approximate surface area is 117 Å². The molecule has 8 nitrogen and oxygen atoms in total. The normalized spacial score (nSPS) is 38.8. The van der Waals surface area contributed by atoms with Crippen molar-refractivity contribution in [2.75, 3.05) is 13.2 Å². The molecule has 2 aliphatic heterocycles. The molecule has 0 aromatic carbocycles. The van der Waals surface area contributed by atoms with Crippen molar-refractivity contribution in [1.82, 2.24) is 0 Å². The Morgan fingerprint density at radius 3 is 2.50 bits per heavy atom. The van der Waals surface area contributed by atoms with Crippen molar-refractivity contribution in [1.29, 1.82) is 0 Å². The van der Waals surface area contributed by atoms with Gasteiger partial charge in [-0.1, -0.05) is 0 Å². The zero-order chi connectivity index (χ0) is 15.2. The molecule has 0 spiro atoms. The maximum Gasteiger partial charge on any atom is 0.401 e. The van der Waals surface area contributed by atoms with E-state index < -0.39 is 40.0 Å². The molecule has 2 aliphatic rings. The van der Waals surface area contributed by atoms with Crippen LogP contribution in [0.15, 0.2) is 0 Å². The number of carbonyl (C=O) groups excluding carboxylic acids is 1. The molecule has 0 amide bonds. The van der Waals surface area contributed by atoms with Crippen LogP contribution in [0.25, 0.3) is 0 Å². The molecule has 20 heavy (non-hydrogen) atoms. The van der Waals surface area contributed by atoms with Crippen molar-refractivity contribution in [3.05, 3.63) is 0 Å². The molecule has 0 aliphatic carbocycles. The highest BCUT2D eigenvalue weighted by atomic mass is 32.3. The molecule has 1 unspecified atom stereocenters. The topological polar surface area (TPSA) is 97.4 Å². The van der Waals surface area contributed by atoms with E-state index in [1.165, 1.54) is 6.92 Å². The van der Waals surface area contributed by atoms with Crippen LogP contribution in [0.5, 0.6) is 0 Å². The fraction of sp³-hybridized carbons (Fsp3) is 0.909. The van der Waals surface area contributed by atoms with E-state index in [0.29, 0.717) is 0 Å². The highest BCUT2D eigenvalue weighted by Gasteiger charge is 2.61. The lowest BCUT2D eigenvalue weighted by Crippen LogP contribution is -2.52. The van der Waals surface area contributed by atoms with E-state index >= 15 is 0 Å². The number of hydrogen-bond acceptors (Lipinski definition) is 8. The summed E-state index contributed by atoms with van der Waals surface area (Å²) in [5.41, 5.74) is -1.79. The van der Waals surface area contributed by atoms with Crippen LogP contribution in [-0.2, 0) is 37.8 Å². The average Bonchev–Trinajstić information content (AvgIpc) is 2.77. The minimum atomic E-state index is -4.28. The van der Waals surface area contributed by atoms with E-state index in [9.17, 15) is 13.2 Å². The van der Waals surface area contributed by atoms with E-state index in [1.54, 1.807) is 20.8 Å². The summed E-state index contributed by atoms with van der Waals surface area (Å²) in [7, 11) is -4.28. The van der Waals surface area contributed by atoms with Crippen molar-refractivity contribution < 1.29 is 35.8 Å². The summed E-state index contributed by atoms with van der Waals surface area (Å²) in [6, 6.07) is 0. The lowest BCUT2D eigenvalue weighted by Gasteiger charge is -2.27. The number of hydrogen-bond donors (Lipinski definition) is 0. The van der Waals surface area contributed by atoms with Gasteiger partial charge in [0.25, 0.3) is 0 Å². The fourth-order valence-corrected chi connectivity index (χ4v) is 3.39. The van der Waals surface area contributed by atoms with Gasteiger partial charge in [0.2, 0.25) is 5.60 Å². The Morgan fingerprint density at radius 1 is 1.35 bits per heavy atom. The lowest BCUT2D eigenvalue weighted by atomic mass is 9.95. The number of esters is 1. The maximum atomic E-state index is 12.0. The van der Waals surface area contributed by atoms with Crippen LogP contribution in [0.2, 0.25) is 0 Å². The Hall–Kier alpha value is -0.740. The van der Waals surface area contributed by atoms with E-state index in [4.69, 9.17) is 22.6 Å². The van der Waals surface area contributed by atoms with Gasteiger partial charge in [-0.15, -0.1) is 0 Å². The molecule has 2 fully saturated rings. The quantitative estimate of drug-likeness (QED) is 0.678. The molecule has 0 aromatic rings. The highest BCUT2D eigenvalue weighted by Crippen LogP contribution is 2.38. The summed E-state index contributed by atoms with van der Waals surface area (Å²) in [6.45, 7) is 6.45. The van der Waals surface area contributed by atoms with Crippen molar-refractivity contribution in [3.63, 3.8) is 0 Å². The standard InChI is InChI=1S/C11H18O8S/c1-5-15-9(12)11(4)8(18-20(13,14)19-11)7-6-16-10(2,3)17-7/h7-8H,5-6H2,1-4H3/t7-,8?,11-/m0/s1. The van der Waals surface area contributed by atoms with Crippen molar-refractivity contribution in [3.8, 4) is 0 Å². The van der Waals surface area contributed by atoms with E-state index in [-0.39, 0.29) is 13.2 Å². The summed E-state index contributed by atoms with van der Waals surface area (Å²) in [6.07, 6.45) is -1.91. The van der Waals surface area contributed by atoms with Crippen LogP contribution < -0.4 is 0 Å². The van der Waals surface area contributed by atoms with Crippen molar-refractivity contribution in [2.24, 2.45) is 0 Å². The maximum absolute atomic E-state index is 12.0. The van der Waals surface area contributed by atoms with Gasteiger partial charge >= 0.3 is 16.4 Å². The smallest absolute Gasteiger partial charge is 0.401 e. The first-order valence-corrected chi connectivity index (χ1v) is 7.56. The van der Waals surface area contributed by atoms with Crippen LogP contribution in [0.3, 0.4) is 0 Å². The predicted molar refractivity (Wildman–Crippen MR) is 64.8 cm³/mol. The second-order valence-electron chi connectivity index (χ2n) is 5.20. The Balaban J connectivity index is 2.27. The first-order valence-electron chi connectivity index (χ1n) is 6.22. The third-order valence-electron chi connectivity index (χ3n) is 3.09. The average molecular weight is 310 g/mol. The number of rotatable bonds is 3. The zero-order valence-electron chi connectivity index (χ0n) is 11.7. The van der Waals surface area contributed by atoms with Gasteiger partial charge in [0, 0.05) is 0 Å². The van der Waals surface area contributed by atoms with Crippen LogP contribution in [0.1, 0.15) is 27.7 Å². The molecule has 0 bridgehead atoms.